The number of para-hydroxylation sites is 1. The normalized spacial score (nSPS) is 10.2. The molecule has 94 valence electrons. The molecular weight excluding hydrogens is 242 g/mol. The first kappa shape index (κ1) is 13.7. The fourth-order valence-electron chi connectivity index (χ4n) is 1.44. The van der Waals surface area contributed by atoms with Crippen LogP contribution < -0.4 is 10.6 Å². The average Bonchev–Trinajstić information content (AvgIpc) is 2.30. The van der Waals surface area contributed by atoms with Gasteiger partial charge in [0, 0.05) is 12.6 Å². The Morgan fingerprint density at radius 3 is 2.82 bits per heavy atom. The number of nitro groups is 1. The minimum absolute atomic E-state index is 0.0148. The lowest BCUT2D eigenvalue weighted by Crippen LogP contribution is -2.17. The van der Waals surface area contributed by atoms with Crippen LogP contribution in [0.2, 0.25) is 5.02 Å². The average molecular weight is 258 g/mol. The van der Waals surface area contributed by atoms with Crippen LogP contribution in [-0.2, 0) is 0 Å². The predicted octanol–water partition coefficient (Wildman–Crippen LogP) is 2.66. The molecule has 0 amide bonds. The number of benzene rings is 1. The van der Waals surface area contributed by atoms with Crippen molar-refractivity contribution >= 4 is 23.0 Å². The van der Waals surface area contributed by atoms with Crippen LogP contribution in [0.4, 0.5) is 11.4 Å². The Labute approximate surface area is 105 Å². The molecule has 0 aliphatic carbocycles. The van der Waals surface area contributed by atoms with E-state index in [9.17, 15) is 10.1 Å². The van der Waals surface area contributed by atoms with Crippen molar-refractivity contribution in [1.82, 2.24) is 5.32 Å². The number of halogens is 1. The van der Waals surface area contributed by atoms with E-state index in [2.05, 4.69) is 10.6 Å². The Balaban J connectivity index is 2.60. The SMILES string of the molecule is CCNCCCNc1c(Cl)cccc1[N+](=O)[O-]. The number of hydrogen-bond donors (Lipinski definition) is 2. The van der Waals surface area contributed by atoms with Crippen LogP contribution in [0, 0.1) is 10.1 Å². The molecule has 0 saturated carbocycles. The van der Waals surface area contributed by atoms with Crippen molar-refractivity contribution in [2.75, 3.05) is 25.0 Å². The van der Waals surface area contributed by atoms with E-state index in [4.69, 9.17) is 11.6 Å². The Kier molecular flexibility index (Phi) is 5.72. The topological polar surface area (TPSA) is 67.2 Å². The molecule has 1 aromatic carbocycles. The summed E-state index contributed by atoms with van der Waals surface area (Å²) in [5.41, 5.74) is 0.414. The van der Waals surface area contributed by atoms with Gasteiger partial charge in [0.25, 0.3) is 5.69 Å². The number of rotatable bonds is 7. The number of hydrogen-bond acceptors (Lipinski definition) is 4. The van der Waals surface area contributed by atoms with Crippen LogP contribution in [0.1, 0.15) is 13.3 Å². The van der Waals surface area contributed by atoms with Gasteiger partial charge in [0.15, 0.2) is 0 Å². The Morgan fingerprint density at radius 1 is 1.41 bits per heavy atom. The molecule has 17 heavy (non-hydrogen) atoms. The third-order valence-electron chi connectivity index (χ3n) is 2.27. The predicted molar refractivity (Wildman–Crippen MR) is 69.8 cm³/mol. The molecule has 2 N–H and O–H groups in total. The van der Waals surface area contributed by atoms with E-state index in [-0.39, 0.29) is 5.69 Å². The van der Waals surface area contributed by atoms with Crippen LogP contribution in [0.5, 0.6) is 0 Å². The maximum atomic E-state index is 10.8. The molecule has 6 heteroatoms. The van der Waals surface area contributed by atoms with E-state index in [1.807, 2.05) is 6.92 Å². The quantitative estimate of drug-likeness (QED) is 0.448. The first-order chi connectivity index (χ1) is 8.16. The van der Waals surface area contributed by atoms with Crippen molar-refractivity contribution in [2.45, 2.75) is 13.3 Å². The van der Waals surface area contributed by atoms with Crippen LogP contribution in [0.3, 0.4) is 0 Å². The monoisotopic (exact) mass is 257 g/mol. The van der Waals surface area contributed by atoms with Gasteiger partial charge in [-0.25, -0.2) is 0 Å². The summed E-state index contributed by atoms with van der Waals surface area (Å²) < 4.78 is 0. The van der Waals surface area contributed by atoms with Crippen LogP contribution >= 0.6 is 11.6 Å². The van der Waals surface area contributed by atoms with Gasteiger partial charge >= 0.3 is 0 Å². The Morgan fingerprint density at radius 2 is 2.18 bits per heavy atom. The molecule has 0 aliphatic heterocycles. The lowest BCUT2D eigenvalue weighted by Gasteiger charge is -2.08. The third-order valence-corrected chi connectivity index (χ3v) is 2.59. The summed E-state index contributed by atoms with van der Waals surface area (Å²) in [6.45, 7) is 4.48. The molecule has 0 aromatic heterocycles. The summed E-state index contributed by atoms with van der Waals surface area (Å²) in [5, 5.41) is 17.4. The zero-order chi connectivity index (χ0) is 12.7. The summed E-state index contributed by atoms with van der Waals surface area (Å²) in [6, 6.07) is 4.66. The molecule has 0 aliphatic rings. The second-order valence-electron chi connectivity index (χ2n) is 3.52. The highest BCUT2D eigenvalue weighted by molar-refractivity contribution is 6.33. The zero-order valence-corrected chi connectivity index (χ0v) is 10.5. The Bertz CT molecular complexity index is 385. The van der Waals surface area contributed by atoms with Gasteiger partial charge in [0.05, 0.1) is 9.95 Å². The molecule has 1 rings (SSSR count). The van der Waals surface area contributed by atoms with Gasteiger partial charge in [-0.15, -0.1) is 0 Å². The first-order valence-corrected chi connectivity index (χ1v) is 5.92. The fourth-order valence-corrected chi connectivity index (χ4v) is 1.68. The van der Waals surface area contributed by atoms with Gasteiger partial charge in [-0.1, -0.05) is 24.6 Å². The standard InChI is InChI=1S/C11H16ClN3O2/c1-2-13-7-4-8-14-11-9(12)5-3-6-10(11)15(16)17/h3,5-6,13-14H,2,4,7-8H2,1H3. The maximum Gasteiger partial charge on any atom is 0.293 e. The van der Waals surface area contributed by atoms with E-state index < -0.39 is 4.92 Å². The molecule has 0 heterocycles. The maximum absolute atomic E-state index is 10.8. The summed E-state index contributed by atoms with van der Waals surface area (Å²) in [5.74, 6) is 0. The van der Waals surface area contributed by atoms with Crippen molar-refractivity contribution in [3.05, 3.63) is 33.3 Å². The van der Waals surface area contributed by atoms with E-state index in [0.29, 0.717) is 17.3 Å². The minimum Gasteiger partial charge on any atom is -0.378 e. The highest BCUT2D eigenvalue weighted by atomic mass is 35.5. The van der Waals surface area contributed by atoms with Crippen molar-refractivity contribution in [3.8, 4) is 0 Å². The molecular formula is C11H16ClN3O2. The van der Waals surface area contributed by atoms with Crippen molar-refractivity contribution in [1.29, 1.82) is 0 Å². The van der Waals surface area contributed by atoms with Gasteiger partial charge in [0.1, 0.15) is 5.69 Å². The molecule has 0 spiro atoms. The van der Waals surface area contributed by atoms with Crippen LogP contribution in [0.15, 0.2) is 18.2 Å². The van der Waals surface area contributed by atoms with E-state index in [1.54, 1.807) is 12.1 Å². The molecule has 0 radical (unpaired) electrons. The molecule has 5 nitrogen and oxygen atoms in total. The van der Waals surface area contributed by atoms with Crippen LogP contribution in [0.25, 0.3) is 0 Å². The second kappa shape index (κ2) is 7.09. The Hall–Kier alpha value is -1.33. The molecule has 1 aromatic rings. The number of anilines is 1. The highest BCUT2D eigenvalue weighted by Crippen LogP contribution is 2.31. The summed E-state index contributed by atoms with van der Waals surface area (Å²) >= 11 is 5.93. The fraction of sp³-hybridized carbons (Fsp3) is 0.455. The molecule has 0 atom stereocenters. The summed E-state index contributed by atoms with van der Waals surface area (Å²) in [4.78, 5) is 10.4. The molecule has 0 saturated heterocycles. The van der Waals surface area contributed by atoms with Gasteiger partial charge in [0.2, 0.25) is 0 Å². The summed E-state index contributed by atoms with van der Waals surface area (Å²) in [7, 11) is 0. The first-order valence-electron chi connectivity index (χ1n) is 5.54. The van der Waals surface area contributed by atoms with E-state index >= 15 is 0 Å². The highest BCUT2D eigenvalue weighted by Gasteiger charge is 2.15. The van der Waals surface area contributed by atoms with Crippen molar-refractivity contribution in [3.63, 3.8) is 0 Å². The third kappa shape index (κ3) is 4.20. The van der Waals surface area contributed by atoms with Gasteiger partial charge < -0.3 is 10.6 Å². The minimum atomic E-state index is -0.432. The molecule has 0 bridgehead atoms. The molecule has 0 fully saturated rings. The lowest BCUT2D eigenvalue weighted by atomic mass is 10.2. The number of nitrogens with zero attached hydrogens (tertiary/aromatic N) is 1. The van der Waals surface area contributed by atoms with E-state index in [0.717, 1.165) is 19.5 Å². The second-order valence-corrected chi connectivity index (χ2v) is 3.93. The zero-order valence-electron chi connectivity index (χ0n) is 9.70. The van der Waals surface area contributed by atoms with Crippen molar-refractivity contribution < 1.29 is 4.92 Å². The van der Waals surface area contributed by atoms with Gasteiger partial charge in [-0.3, -0.25) is 10.1 Å². The largest absolute Gasteiger partial charge is 0.378 e. The number of nitro benzene ring substituents is 1. The molecule has 0 unspecified atom stereocenters. The van der Waals surface area contributed by atoms with Gasteiger partial charge in [-0.05, 0) is 25.6 Å². The smallest absolute Gasteiger partial charge is 0.293 e. The van der Waals surface area contributed by atoms with Crippen LogP contribution in [-0.4, -0.2) is 24.6 Å². The lowest BCUT2D eigenvalue weighted by molar-refractivity contribution is -0.383. The van der Waals surface area contributed by atoms with Crippen molar-refractivity contribution in [2.24, 2.45) is 0 Å². The number of nitrogens with one attached hydrogen (secondary N) is 2. The van der Waals surface area contributed by atoms with Gasteiger partial charge in [-0.2, -0.15) is 0 Å². The van der Waals surface area contributed by atoms with E-state index in [1.165, 1.54) is 6.07 Å². The summed E-state index contributed by atoms with van der Waals surface area (Å²) in [6.07, 6.45) is 0.885.